The zero-order valence-corrected chi connectivity index (χ0v) is 11.2. The number of anilines is 1. The molecule has 1 aromatic heterocycles. The molecule has 0 saturated carbocycles. The van der Waals surface area contributed by atoms with Crippen LogP contribution in [0.25, 0.3) is 0 Å². The number of pyridine rings is 1. The largest absolute Gasteiger partial charge is 0.384 e. The molecule has 0 amide bonds. The normalized spacial score (nSPS) is 11.4. The summed E-state index contributed by atoms with van der Waals surface area (Å²) in [5.74, 6) is 0.587. The lowest BCUT2D eigenvalue weighted by atomic mass is 10.2. The van der Waals surface area contributed by atoms with Gasteiger partial charge >= 0.3 is 0 Å². The van der Waals surface area contributed by atoms with E-state index in [0.29, 0.717) is 5.82 Å². The van der Waals surface area contributed by atoms with Crippen LogP contribution >= 0.6 is 0 Å². The van der Waals surface area contributed by atoms with Gasteiger partial charge in [-0.3, -0.25) is 4.90 Å². The molecule has 96 valence electrons. The zero-order valence-electron chi connectivity index (χ0n) is 11.2. The average Bonchev–Trinajstić information content (AvgIpc) is 2.29. The standard InChI is InChI=1S/C13H24N4/c1-4-7-17(9-8-16(2)3)11-12-5-6-13(14)15-10-12/h5-6,10H,4,7-9,11H2,1-3H3,(H2,14,15). The highest BCUT2D eigenvalue weighted by Crippen LogP contribution is 2.06. The van der Waals surface area contributed by atoms with E-state index >= 15 is 0 Å². The minimum Gasteiger partial charge on any atom is -0.384 e. The molecular formula is C13H24N4. The van der Waals surface area contributed by atoms with Gasteiger partial charge in [0.25, 0.3) is 0 Å². The summed E-state index contributed by atoms with van der Waals surface area (Å²) in [7, 11) is 4.21. The molecule has 0 aliphatic heterocycles. The van der Waals surface area contributed by atoms with Crippen LogP contribution in [0.5, 0.6) is 0 Å². The van der Waals surface area contributed by atoms with Gasteiger partial charge in [-0.15, -0.1) is 0 Å². The number of hydrogen-bond acceptors (Lipinski definition) is 4. The van der Waals surface area contributed by atoms with Crippen molar-refractivity contribution in [2.75, 3.05) is 39.5 Å². The molecule has 17 heavy (non-hydrogen) atoms. The molecular weight excluding hydrogens is 212 g/mol. The summed E-state index contributed by atoms with van der Waals surface area (Å²) in [5.41, 5.74) is 6.81. The average molecular weight is 236 g/mol. The van der Waals surface area contributed by atoms with E-state index in [9.17, 15) is 0 Å². The second-order valence-electron chi connectivity index (χ2n) is 4.67. The minimum absolute atomic E-state index is 0.587. The third-order valence-corrected chi connectivity index (χ3v) is 2.66. The summed E-state index contributed by atoms with van der Waals surface area (Å²) in [5, 5.41) is 0. The van der Waals surface area contributed by atoms with Crippen LogP contribution < -0.4 is 5.73 Å². The van der Waals surface area contributed by atoms with Crippen molar-refractivity contribution in [3.63, 3.8) is 0 Å². The molecule has 2 N–H and O–H groups in total. The Hall–Kier alpha value is -1.13. The maximum absolute atomic E-state index is 5.58. The number of hydrogen-bond donors (Lipinski definition) is 1. The topological polar surface area (TPSA) is 45.4 Å². The molecule has 0 fully saturated rings. The Morgan fingerprint density at radius 2 is 1.94 bits per heavy atom. The Morgan fingerprint density at radius 1 is 1.18 bits per heavy atom. The number of likely N-dealkylation sites (N-methyl/N-ethyl adjacent to an activating group) is 1. The molecule has 0 saturated heterocycles. The van der Waals surface area contributed by atoms with Gasteiger partial charge in [-0.25, -0.2) is 4.98 Å². The van der Waals surface area contributed by atoms with E-state index in [0.717, 1.165) is 26.2 Å². The molecule has 4 heteroatoms. The van der Waals surface area contributed by atoms with Crippen molar-refractivity contribution >= 4 is 5.82 Å². The fraction of sp³-hybridized carbons (Fsp3) is 0.615. The van der Waals surface area contributed by atoms with Gasteiger partial charge in [-0.2, -0.15) is 0 Å². The van der Waals surface area contributed by atoms with Crippen LogP contribution in [0, 0.1) is 0 Å². The van der Waals surface area contributed by atoms with E-state index in [4.69, 9.17) is 5.73 Å². The van der Waals surface area contributed by atoms with E-state index in [1.165, 1.54) is 12.0 Å². The number of nitrogens with zero attached hydrogens (tertiary/aromatic N) is 3. The van der Waals surface area contributed by atoms with Gasteiger partial charge in [0.2, 0.25) is 0 Å². The number of rotatable bonds is 7. The van der Waals surface area contributed by atoms with E-state index in [1.54, 1.807) is 0 Å². The summed E-state index contributed by atoms with van der Waals surface area (Å²) >= 11 is 0. The van der Waals surface area contributed by atoms with Gasteiger partial charge in [0.15, 0.2) is 0 Å². The molecule has 1 aromatic rings. The Labute approximate surface area is 104 Å². The van der Waals surface area contributed by atoms with Gasteiger partial charge in [0, 0.05) is 25.8 Å². The highest BCUT2D eigenvalue weighted by atomic mass is 15.2. The van der Waals surface area contributed by atoms with Gasteiger partial charge < -0.3 is 10.6 Å². The Morgan fingerprint density at radius 3 is 2.47 bits per heavy atom. The first-order chi connectivity index (χ1) is 8.11. The Bertz CT molecular complexity index is 308. The minimum atomic E-state index is 0.587. The Kier molecular flexibility index (Phi) is 5.94. The summed E-state index contributed by atoms with van der Waals surface area (Å²) in [6.07, 6.45) is 3.05. The van der Waals surface area contributed by atoms with E-state index < -0.39 is 0 Å². The molecule has 0 bridgehead atoms. The molecule has 0 atom stereocenters. The lowest BCUT2D eigenvalue weighted by molar-refractivity contribution is 0.234. The van der Waals surface area contributed by atoms with Gasteiger partial charge in [0.1, 0.15) is 5.82 Å². The maximum atomic E-state index is 5.58. The number of aromatic nitrogens is 1. The maximum Gasteiger partial charge on any atom is 0.123 e. The third-order valence-electron chi connectivity index (χ3n) is 2.66. The second kappa shape index (κ2) is 7.25. The first-order valence-corrected chi connectivity index (χ1v) is 6.19. The molecule has 4 nitrogen and oxygen atoms in total. The van der Waals surface area contributed by atoms with Crippen molar-refractivity contribution in [2.24, 2.45) is 0 Å². The van der Waals surface area contributed by atoms with Crippen LogP contribution in [-0.4, -0.2) is 48.5 Å². The van der Waals surface area contributed by atoms with E-state index in [2.05, 4.69) is 41.9 Å². The highest BCUT2D eigenvalue weighted by molar-refractivity contribution is 5.29. The monoisotopic (exact) mass is 236 g/mol. The fourth-order valence-corrected chi connectivity index (χ4v) is 1.72. The summed E-state index contributed by atoms with van der Waals surface area (Å²) in [6.45, 7) is 6.46. The van der Waals surface area contributed by atoms with Gasteiger partial charge in [0.05, 0.1) is 0 Å². The molecule has 0 aromatic carbocycles. The molecule has 0 aliphatic carbocycles. The Balaban J connectivity index is 2.50. The lowest BCUT2D eigenvalue weighted by Gasteiger charge is -2.23. The van der Waals surface area contributed by atoms with Crippen molar-refractivity contribution in [2.45, 2.75) is 19.9 Å². The second-order valence-corrected chi connectivity index (χ2v) is 4.67. The van der Waals surface area contributed by atoms with Crippen LogP contribution in [0.1, 0.15) is 18.9 Å². The van der Waals surface area contributed by atoms with Crippen molar-refractivity contribution < 1.29 is 0 Å². The fourth-order valence-electron chi connectivity index (χ4n) is 1.72. The predicted molar refractivity (Wildman–Crippen MR) is 72.8 cm³/mol. The van der Waals surface area contributed by atoms with Crippen LogP contribution in [-0.2, 0) is 6.54 Å². The SMILES string of the molecule is CCCN(CCN(C)C)Cc1ccc(N)nc1. The number of nitrogen functional groups attached to an aromatic ring is 1. The van der Waals surface area contributed by atoms with Crippen molar-refractivity contribution in [1.29, 1.82) is 0 Å². The van der Waals surface area contributed by atoms with Crippen LogP contribution in [0.15, 0.2) is 18.3 Å². The van der Waals surface area contributed by atoms with E-state index in [1.807, 2.05) is 12.3 Å². The van der Waals surface area contributed by atoms with Crippen LogP contribution in [0.2, 0.25) is 0 Å². The molecule has 1 rings (SSSR count). The lowest BCUT2D eigenvalue weighted by Crippen LogP contribution is -2.32. The van der Waals surface area contributed by atoms with Gasteiger partial charge in [-0.05, 0) is 38.7 Å². The zero-order chi connectivity index (χ0) is 12.7. The summed E-state index contributed by atoms with van der Waals surface area (Å²) in [6, 6.07) is 3.92. The highest BCUT2D eigenvalue weighted by Gasteiger charge is 2.05. The first-order valence-electron chi connectivity index (χ1n) is 6.19. The first kappa shape index (κ1) is 13.9. The van der Waals surface area contributed by atoms with E-state index in [-0.39, 0.29) is 0 Å². The molecule has 0 unspecified atom stereocenters. The van der Waals surface area contributed by atoms with Gasteiger partial charge in [-0.1, -0.05) is 13.0 Å². The molecule has 0 spiro atoms. The van der Waals surface area contributed by atoms with Crippen molar-refractivity contribution in [3.8, 4) is 0 Å². The van der Waals surface area contributed by atoms with Crippen LogP contribution in [0.3, 0.4) is 0 Å². The molecule has 0 radical (unpaired) electrons. The van der Waals surface area contributed by atoms with Crippen molar-refractivity contribution in [3.05, 3.63) is 23.9 Å². The molecule has 0 aliphatic rings. The number of nitrogens with two attached hydrogens (primary N) is 1. The smallest absolute Gasteiger partial charge is 0.123 e. The van der Waals surface area contributed by atoms with Crippen molar-refractivity contribution in [1.82, 2.24) is 14.8 Å². The third kappa shape index (κ3) is 5.65. The summed E-state index contributed by atoms with van der Waals surface area (Å²) in [4.78, 5) is 8.79. The van der Waals surface area contributed by atoms with Crippen LogP contribution in [0.4, 0.5) is 5.82 Å². The summed E-state index contributed by atoms with van der Waals surface area (Å²) < 4.78 is 0. The quantitative estimate of drug-likeness (QED) is 0.778. The molecule has 1 heterocycles. The predicted octanol–water partition coefficient (Wildman–Crippen LogP) is 1.44.